The number of carbonyl (C=O) groups is 1. The molecular weight excluding hydrogens is 332 g/mol. The van der Waals surface area contributed by atoms with E-state index in [4.69, 9.17) is 4.74 Å². The Labute approximate surface area is 131 Å². The van der Waals surface area contributed by atoms with Crippen LogP contribution < -0.4 is 15.0 Å². The summed E-state index contributed by atoms with van der Waals surface area (Å²) in [6.07, 6.45) is 0. The van der Waals surface area contributed by atoms with E-state index in [2.05, 4.69) is 21.2 Å². The maximum atomic E-state index is 12.3. The molecule has 1 heterocycles. The van der Waals surface area contributed by atoms with Crippen LogP contribution in [0, 0.1) is 0 Å². The lowest BCUT2D eigenvalue weighted by molar-refractivity contribution is -0.117. The van der Waals surface area contributed by atoms with Gasteiger partial charge in [-0.15, -0.1) is 0 Å². The van der Waals surface area contributed by atoms with Gasteiger partial charge >= 0.3 is 0 Å². The van der Waals surface area contributed by atoms with Gasteiger partial charge in [0.1, 0.15) is 5.75 Å². The molecule has 0 bridgehead atoms. The third-order valence-corrected chi connectivity index (χ3v) is 3.99. The van der Waals surface area contributed by atoms with Crippen molar-refractivity contribution in [2.24, 2.45) is 0 Å². The minimum atomic E-state index is 0.0516. The standard InChI is InChI=1S/C16H15BrN2O2/c1-21-15-7-6-12(17)8-11(15)10-19-14-5-3-2-4-13(14)18-9-16(19)20/h2-8,18H,9-10H2,1H3. The van der Waals surface area contributed by atoms with Gasteiger partial charge in [0.05, 0.1) is 31.6 Å². The van der Waals surface area contributed by atoms with Crippen molar-refractivity contribution < 1.29 is 9.53 Å². The van der Waals surface area contributed by atoms with Crippen molar-refractivity contribution in [1.29, 1.82) is 0 Å². The Hall–Kier alpha value is -2.01. The summed E-state index contributed by atoms with van der Waals surface area (Å²) in [5.74, 6) is 0.831. The highest BCUT2D eigenvalue weighted by Gasteiger charge is 2.24. The number of para-hydroxylation sites is 2. The minimum absolute atomic E-state index is 0.0516. The minimum Gasteiger partial charge on any atom is -0.496 e. The second kappa shape index (κ2) is 5.77. The van der Waals surface area contributed by atoms with E-state index in [9.17, 15) is 4.79 Å². The molecule has 21 heavy (non-hydrogen) atoms. The summed E-state index contributed by atoms with van der Waals surface area (Å²) >= 11 is 3.47. The zero-order chi connectivity index (χ0) is 14.8. The smallest absolute Gasteiger partial charge is 0.246 e. The first kappa shape index (κ1) is 13.9. The van der Waals surface area contributed by atoms with Crippen molar-refractivity contribution in [2.45, 2.75) is 6.54 Å². The molecule has 0 spiro atoms. The molecule has 0 unspecified atom stereocenters. The largest absolute Gasteiger partial charge is 0.496 e. The average Bonchev–Trinajstić information content (AvgIpc) is 2.50. The van der Waals surface area contributed by atoms with Crippen LogP contribution in [0.3, 0.4) is 0 Å². The molecule has 1 N–H and O–H groups in total. The van der Waals surface area contributed by atoms with Gasteiger partial charge in [0.15, 0.2) is 0 Å². The Kier molecular flexibility index (Phi) is 3.84. The molecule has 2 aromatic carbocycles. The van der Waals surface area contributed by atoms with Crippen molar-refractivity contribution >= 4 is 33.2 Å². The normalized spacial score (nSPS) is 13.6. The molecule has 0 fully saturated rings. The lowest BCUT2D eigenvalue weighted by Gasteiger charge is -2.30. The molecule has 0 aliphatic carbocycles. The highest BCUT2D eigenvalue weighted by atomic mass is 79.9. The zero-order valence-electron chi connectivity index (χ0n) is 11.6. The predicted octanol–water partition coefficient (Wildman–Crippen LogP) is 3.42. The van der Waals surface area contributed by atoms with E-state index in [1.807, 2.05) is 42.5 Å². The Bertz CT molecular complexity index is 688. The summed E-state index contributed by atoms with van der Waals surface area (Å²) in [7, 11) is 1.64. The fraction of sp³-hybridized carbons (Fsp3) is 0.188. The van der Waals surface area contributed by atoms with Crippen molar-refractivity contribution in [2.75, 3.05) is 23.9 Å². The van der Waals surface area contributed by atoms with Crippen molar-refractivity contribution in [1.82, 2.24) is 0 Å². The molecule has 0 aromatic heterocycles. The fourth-order valence-corrected chi connectivity index (χ4v) is 2.88. The fourth-order valence-electron chi connectivity index (χ4n) is 2.47. The molecule has 4 nitrogen and oxygen atoms in total. The molecule has 0 saturated carbocycles. The van der Waals surface area contributed by atoms with E-state index in [-0.39, 0.29) is 5.91 Å². The maximum Gasteiger partial charge on any atom is 0.246 e. The number of nitrogens with one attached hydrogen (secondary N) is 1. The molecule has 1 amide bonds. The number of amides is 1. The SMILES string of the molecule is COc1ccc(Br)cc1CN1C(=O)CNc2ccccc21. The molecule has 3 rings (SSSR count). The molecule has 0 saturated heterocycles. The number of halogens is 1. The van der Waals surface area contributed by atoms with E-state index in [1.54, 1.807) is 12.0 Å². The van der Waals surface area contributed by atoms with Crippen LogP contribution in [0.1, 0.15) is 5.56 Å². The van der Waals surface area contributed by atoms with Gasteiger partial charge < -0.3 is 15.0 Å². The van der Waals surface area contributed by atoms with Gasteiger partial charge in [0.25, 0.3) is 0 Å². The first-order chi connectivity index (χ1) is 10.2. The Morgan fingerprint density at radius 3 is 2.90 bits per heavy atom. The third-order valence-electron chi connectivity index (χ3n) is 3.50. The van der Waals surface area contributed by atoms with Gasteiger partial charge in [0, 0.05) is 10.0 Å². The van der Waals surface area contributed by atoms with Crippen LogP contribution in [-0.2, 0) is 11.3 Å². The highest BCUT2D eigenvalue weighted by Crippen LogP contribution is 2.32. The van der Waals surface area contributed by atoms with E-state index < -0.39 is 0 Å². The number of benzene rings is 2. The summed E-state index contributed by atoms with van der Waals surface area (Å²) in [6, 6.07) is 13.6. The van der Waals surface area contributed by atoms with Crippen LogP contribution >= 0.6 is 15.9 Å². The summed E-state index contributed by atoms with van der Waals surface area (Å²) in [6.45, 7) is 0.799. The zero-order valence-corrected chi connectivity index (χ0v) is 13.2. The second-order valence-corrected chi connectivity index (χ2v) is 5.72. The lowest BCUT2D eigenvalue weighted by Crippen LogP contribution is -2.39. The first-order valence-electron chi connectivity index (χ1n) is 6.64. The number of hydrogen-bond donors (Lipinski definition) is 1. The number of methoxy groups -OCH3 is 1. The Morgan fingerprint density at radius 2 is 2.10 bits per heavy atom. The number of fused-ring (bicyclic) bond motifs is 1. The predicted molar refractivity (Wildman–Crippen MR) is 86.8 cm³/mol. The summed E-state index contributed by atoms with van der Waals surface area (Å²) in [5.41, 5.74) is 2.85. The van der Waals surface area contributed by atoms with E-state index in [0.29, 0.717) is 13.1 Å². The third kappa shape index (κ3) is 2.74. The molecule has 0 radical (unpaired) electrons. The molecule has 5 heteroatoms. The molecular formula is C16H15BrN2O2. The van der Waals surface area contributed by atoms with Crippen molar-refractivity contribution in [3.63, 3.8) is 0 Å². The highest BCUT2D eigenvalue weighted by molar-refractivity contribution is 9.10. The first-order valence-corrected chi connectivity index (χ1v) is 7.44. The number of nitrogens with zero attached hydrogens (tertiary/aromatic N) is 1. The van der Waals surface area contributed by atoms with Gasteiger partial charge in [-0.1, -0.05) is 28.1 Å². The van der Waals surface area contributed by atoms with E-state index >= 15 is 0 Å². The van der Waals surface area contributed by atoms with Gasteiger partial charge in [-0.05, 0) is 30.3 Å². The van der Waals surface area contributed by atoms with Gasteiger partial charge in [-0.2, -0.15) is 0 Å². The summed E-state index contributed by atoms with van der Waals surface area (Å²) in [4.78, 5) is 14.0. The van der Waals surface area contributed by atoms with E-state index in [1.165, 1.54) is 0 Å². The molecule has 1 aliphatic rings. The molecule has 108 valence electrons. The summed E-state index contributed by atoms with van der Waals surface area (Å²) in [5, 5.41) is 3.14. The van der Waals surface area contributed by atoms with Crippen LogP contribution in [0.25, 0.3) is 0 Å². The van der Waals surface area contributed by atoms with Crippen LogP contribution in [0.15, 0.2) is 46.9 Å². The van der Waals surface area contributed by atoms with Crippen LogP contribution in [-0.4, -0.2) is 19.6 Å². The van der Waals surface area contributed by atoms with Gasteiger partial charge in [-0.25, -0.2) is 0 Å². The number of rotatable bonds is 3. The van der Waals surface area contributed by atoms with Gasteiger partial charge in [0.2, 0.25) is 5.91 Å². The number of anilines is 2. The summed E-state index contributed by atoms with van der Waals surface area (Å²) < 4.78 is 6.36. The lowest BCUT2D eigenvalue weighted by atomic mass is 10.1. The van der Waals surface area contributed by atoms with Crippen LogP contribution in [0.5, 0.6) is 5.75 Å². The molecule has 0 atom stereocenters. The number of hydrogen-bond acceptors (Lipinski definition) is 3. The van der Waals surface area contributed by atoms with Crippen molar-refractivity contribution in [3.8, 4) is 5.75 Å². The number of carbonyl (C=O) groups excluding carboxylic acids is 1. The maximum absolute atomic E-state index is 12.3. The van der Waals surface area contributed by atoms with Crippen LogP contribution in [0.2, 0.25) is 0 Å². The van der Waals surface area contributed by atoms with Crippen LogP contribution in [0.4, 0.5) is 11.4 Å². The Balaban J connectivity index is 1.98. The second-order valence-electron chi connectivity index (χ2n) is 4.81. The molecule has 1 aliphatic heterocycles. The molecule has 2 aromatic rings. The average molecular weight is 347 g/mol. The monoisotopic (exact) mass is 346 g/mol. The Morgan fingerprint density at radius 1 is 1.29 bits per heavy atom. The topological polar surface area (TPSA) is 41.6 Å². The van der Waals surface area contributed by atoms with Gasteiger partial charge in [-0.3, -0.25) is 4.79 Å². The number of ether oxygens (including phenoxy) is 1. The quantitative estimate of drug-likeness (QED) is 0.925. The van der Waals surface area contributed by atoms with E-state index in [0.717, 1.165) is 27.2 Å². The van der Waals surface area contributed by atoms with Crippen molar-refractivity contribution in [3.05, 3.63) is 52.5 Å².